The largest absolute Gasteiger partial charge is 0.478 e. The summed E-state index contributed by atoms with van der Waals surface area (Å²) in [6.07, 6.45) is 0. The van der Waals surface area contributed by atoms with Crippen LogP contribution < -0.4 is 0 Å². The molecule has 1 aromatic rings. The summed E-state index contributed by atoms with van der Waals surface area (Å²) in [5.74, 6) is -2.90. The molecule has 0 aliphatic rings. The number of rotatable bonds is 3. The van der Waals surface area contributed by atoms with Gasteiger partial charge in [0.2, 0.25) is 0 Å². The van der Waals surface area contributed by atoms with Crippen molar-refractivity contribution in [3.05, 3.63) is 29.3 Å². The highest BCUT2D eigenvalue weighted by molar-refractivity contribution is 7.72. The monoisotopic (exact) mass is 230 g/mol. The molecule has 6 nitrogen and oxygen atoms in total. The molecule has 0 aromatic heterocycles. The average molecular weight is 230 g/mol. The topological polar surface area (TPSA) is 109 Å². The molecule has 0 fully saturated rings. The van der Waals surface area contributed by atoms with Crippen LogP contribution in [0.1, 0.15) is 20.7 Å². The van der Waals surface area contributed by atoms with Crippen molar-refractivity contribution in [1.82, 2.24) is 0 Å². The molecule has 0 bridgehead atoms. The minimum Gasteiger partial charge on any atom is -0.478 e. The second-order valence-corrected chi connectivity index (χ2v) is 3.63. The normalized spacial score (nSPS) is 10.2. The number of hydrogen-bond acceptors (Lipinski definition) is 4. The molecule has 0 aliphatic carbocycles. The maximum atomic E-state index is 10.6. The van der Waals surface area contributed by atoms with Gasteiger partial charge in [0, 0.05) is 0 Å². The molecule has 0 aliphatic heterocycles. The van der Waals surface area contributed by atoms with Crippen LogP contribution in [0.2, 0.25) is 0 Å². The zero-order chi connectivity index (χ0) is 11.6. The van der Waals surface area contributed by atoms with E-state index in [1.54, 1.807) is 0 Å². The fourth-order valence-corrected chi connectivity index (χ4v) is 1.44. The van der Waals surface area contributed by atoms with Crippen molar-refractivity contribution in [3.63, 3.8) is 0 Å². The van der Waals surface area contributed by atoms with E-state index in [4.69, 9.17) is 10.2 Å². The Balaban J connectivity index is 3.46. The van der Waals surface area contributed by atoms with Crippen LogP contribution in [0.25, 0.3) is 0 Å². The molecule has 7 heteroatoms. The molecule has 1 rings (SSSR count). The van der Waals surface area contributed by atoms with E-state index in [0.29, 0.717) is 0 Å². The summed E-state index contributed by atoms with van der Waals surface area (Å²) in [5, 5.41) is 17.3. The second kappa shape index (κ2) is 4.09. The Morgan fingerprint density at radius 1 is 1.00 bits per heavy atom. The molecule has 15 heavy (non-hydrogen) atoms. The van der Waals surface area contributed by atoms with Crippen molar-refractivity contribution in [2.24, 2.45) is 0 Å². The summed E-state index contributed by atoms with van der Waals surface area (Å²) in [7, 11) is -2.92. The summed E-state index contributed by atoms with van der Waals surface area (Å²) in [5.41, 5.74) is -0.984. The third kappa shape index (κ3) is 2.32. The number of thiol groups is 1. The number of aromatic carboxylic acids is 2. The Bertz CT molecular complexity index is 494. The molecule has 0 unspecified atom stereocenters. The number of carboxylic acid groups (broad SMARTS) is 2. The lowest BCUT2D eigenvalue weighted by atomic mass is 10.1. The number of carboxylic acids is 2. The first-order valence-electron chi connectivity index (χ1n) is 3.68. The van der Waals surface area contributed by atoms with E-state index in [-0.39, 0.29) is 4.90 Å². The average Bonchev–Trinajstić information content (AvgIpc) is 2.16. The Hall–Kier alpha value is -1.89. The SMILES string of the molecule is O=C(O)c1ccc([SH](=O)=O)cc1C(=O)O. The summed E-state index contributed by atoms with van der Waals surface area (Å²) in [4.78, 5) is 21.0. The first-order chi connectivity index (χ1) is 6.93. The van der Waals surface area contributed by atoms with Gasteiger partial charge < -0.3 is 10.2 Å². The van der Waals surface area contributed by atoms with Crippen LogP contribution in [0, 0.1) is 0 Å². The van der Waals surface area contributed by atoms with Crippen LogP contribution in [0.5, 0.6) is 0 Å². The van der Waals surface area contributed by atoms with E-state index in [0.717, 1.165) is 18.2 Å². The zero-order valence-electron chi connectivity index (χ0n) is 7.21. The van der Waals surface area contributed by atoms with Gasteiger partial charge in [-0.25, -0.2) is 18.0 Å². The van der Waals surface area contributed by atoms with Crippen molar-refractivity contribution in [2.45, 2.75) is 4.90 Å². The van der Waals surface area contributed by atoms with E-state index in [1.165, 1.54) is 0 Å². The van der Waals surface area contributed by atoms with Crippen molar-refractivity contribution < 1.29 is 28.2 Å². The summed E-state index contributed by atoms with van der Waals surface area (Å²) in [6, 6.07) is 2.81. The van der Waals surface area contributed by atoms with Crippen LogP contribution in [-0.2, 0) is 10.7 Å². The molecule has 0 saturated carbocycles. The van der Waals surface area contributed by atoms with Gasteiger partial charge in [0.1, 0.15) is 0 Å². The predicted molar refractivity (Wildman–Crippen MR) is 48.9 cm³/mol. The highest BCUT2D eigenvalue weighted by Gasteiger charge is 2.16. The third-order valence-electron chi connectivity index (χ3n) is 1.67. The van der Waals surface area contributed by atoms with Crippen molar-refractivity contribution in [1.29, 1.82) is 0 Å². The fourth-order valence-electron chi connectivity index (χ4n) is 1.01. The molecule has 0 atom stereocenters. The van der Waals surface area contributed by atoms with E-state index in [2.05, 4.69) is 0 Å². The maximum Gasteiger partial charge on any atom is 0.336 e. The lowest BCUT2D eigenvalue weighted by molar-refractivity contribution is 0.0651. The lowest BCUT2D eigenvalue weighted by Crippen LogP contribution is -2.08. The predicted octanol–water partition coefficient (Wildman–Crippen LogP) is 0.0533. The van der Waals surface area contributed by atoms with Gasteiger partial charge >= 0.3 is 11.9 Å². The van der Waals surface area contributed by atoms with Gasteiger partial charge in [0.15, 0.2) is 10.7 Å². The van der Waals surface area contributed by atoms with Crippen LogP contribution in [0.3, 0.4) is 0 Å². The van der Waals surface area contributed by atoms with Gasteiger partial charge in [-0.2, -0.15) is 0 Å². The molecule has 2 N–H and O–H groups in total. The van der Waals surface area contributed by atoms with E-state index in [1.807, 2.05) is 0 Å². The molecular formula is C8H6O6S. The number of benzene rings is 1. The van der Waals surface area contributed by atoms with Crippen molar-refractivity contribution in [3.8, 4) is 0 Å². The quantitative estimate of drug-likeness (QED) is 0.633. The second-order valence-electron chi connectivity index (χ2n) is 2.60. The highest BCUT2D eigenvalue weighted by Crippen LogP contribution is 2.13. The van der Waals surface area contributed by atoms with E-state index < -0.39 is 33.8 Å². The first-order valence-corrected chi connectivity index (χ1v) is 4.86. The third-order valence-corrected chi connectivity index (χ3v) is 2.37. The molecule has 80 valence electrons. The number of carbonyl (C=O) groups is 2. The zero-order valence-corrected chi connectivity index (χ0v) is 8.10. The Morgan fingerprint density at radius 2 is 1.53 bits per heavy atom. The van der Waals surface area contributed by atoms with Crippen LogP contribution in [0.4, 0.5) is 0 Å². The van der Waals surface area contributed by atoms with Crippen LogP contribution in [-0.4, -0.2) is 30.6 Å². The molecule has 0 radical (unpaired) electrons. The molecule has 0 saturated heterocycles. The minimum absolute atomic E-state index is 0.229. The van der Waals surface area contributed by atoms with Gasteiger partial charge in [-0.1, -0.05) is 0 Å². The van der Waals surface area contributed by atoms with Gasteiger partial charge in [-0.05, 0) is 18.2 Å². The standard InChI is InChI=1S/C8H6O6S/c9-7(10)5-2-1-4(15(13)14)3-6(5)8(11)12/h1-3,15H,(H,9,10)(H,11,12). The summed E-state index contributed by atoms with van der Waals surface area (Å²) >= 11 is 0. The lowest BCUT2D eigenvalue weighted by Gasteiger charge is -2.01. The van der Waals surface area contributed by atoms with Crippen molar-refractivity contribution >= 4 is 22.6 Å². The van der Waals surface area contributed by atoms with Crippen molar-refractivity contribution in [2.75, 3.05) is 0 Å². The molecule has 0 spiro atoms. The molecule has 0 amide bonds. The smallest absolute Gasteiger partial charge is 0.336 e. The van der Waals surface area contributed by atoms with Crippen LogP contribution >= 0.6 is 0 Å². The Labute approximate surface area is 85.7 Å². The fraction of sp³-hybridized carbons (Fsp3) is 0. The Kier molecular flexibility index (Phi) is 3.05. The van der Waals surface area contributed by atoms with Crippen LogP contribution in [0.15, 0.2) is 23.1 Å². The van der Waals surface area contributed by atoms with Gasteiger partial charge in [0.05, 0.1) is 16.0 Å². The van der Waals surface area contributed by atoms with Gasteiger partial charge in [-0.3, -0.25) is 0 Å². The first kappa shape index (κ1) is 11.2. The summed E-state index contributed by atoms with van der Waals surface area (Å²) in [6.45, 7) is 0. The number of hydrogen-bond donors (Lipinski definition) is 3. The summed E-state index contributed by atoms with van der Waals surface area (Å²) < 4.78 is 21.1. The maximum absolute atomic E-state index is 10.6. The molecule has 0 heterocycles. The van der Waals surface area contributed by atoms with Gasteiger partial charge in [-0.15, -0.1) is 0 Å². The molecular weight excluding hydrogens is 224 g/mol. The van der Waals surface area contributed by atoms with E-state index in [9.17, 15) is 18.0 Å². The van der Waals surface area contributed by atoms with E-state index >= 15 is 0 Å². The van der Waals surface area contributed by atoms with Gasteiger partial charge in [0.25, 0.3) is 0 Å². The Morgan fingerprint density at radius 3 is 1.93 bits per heavy atom. The highest BCUT2D eigenvalue weighted by atomic mass is 32.2. The molecule has 1 aromatic carbocycles. The minimum atomic E-state index is -2.92.